The highest BCUT2D eigenvalue weighted by molar-refractivity contribution is 6.15. The molecule has 0 bridgehead atoms. The molecular weight excluding hydrogens is 655 g/mol. The van der Waals surface area contributed by atoms with E-state index in [-0.39, 0.29) is 0 Å². The molecule has 0 radical (unpaired) electrons. The maximum Gasteiger partial charge on any atom is 0.136 e. The summed E-state index contributed by atoms with van der Waals surface area (Å²) in [5.41, 5.74) is 12.3. The molecule has 10 aromatic rings. The van der Waals surface area contributed by atoms with Gasteiger partial charge in [0.25, 0.3) is 0 Å². The molecule has 2 nitrogen and oxygen atoms in total. The van der Waals surface area contributed by atoms with E-state index >= 15 is 0 Å². The summed E-state index contributed by atoms with van der Waals surface area (Å²) in [4.78, 5) is 2.43. The van der Waals surface area contributed by atoms with Crippen molar-refractivity contribution >= 4 is 49.6 Å². The molecule has 10 rings (SSSR count). The van der Waals surface area contributed by atoms with Crippen LogP contribution in [0.4, 0.5) is 17.1 Å². The van der Waals surface area contributed by atoms with Gasteiger partial charge < -0.3 is 9.32 Å². The first-order chi connectivity index (χ1) is 26.8. The second-order valence-corrected chi connectivity index (χ2v) is 13.7. The van der Waals surface area contributed by atoms with Gasteiger partial charge in [-0.05, 0) is 80.4 Å². The molecule has 0 saturated heterocycles. The van der Waals surface area contributed by atoms with Crippen LogP contribution < -0.4 is 4.90 Å². The molecule has 2 heteroatoms. The predicted molar refractivity (Wildman–Crippen MR) is 228 cm³/mol. The Labute approximate surface area is 314 Å². The Bertz CT molecular complexity index is 2890. The molecule has 0 aliphatic heterocycles. The van der Waals surface area contributed by atoms with E-state index in [0.717, 1.165) is 61.6 Å². The summed E-state index contributed by atoms with van der Waals surface area (Å²) in [7, 11) is 0. The third kappa shape index (κ3) is 5.62. The van der Waals surface area contributed by atoms with E-state index in [1.807, 2.05) is 12.1 Å². The molecule has 54 heavy (non-hydrogen) atoms. The number of hydrogen-bond donors (Lipinski definition) is 0. The van der Waals surface area contributed by atoms with Crippen LogP contribution in [0.5, 0.6) is 0 Å². The Morgan fingerprint density at radius 3 is 1.63 bits per heavy atom. The van der Waals surface area contributed by atoms with Crippen LogP contribution in [-0.4, -0.2) is 0 Å². The summed E-state index contributed by atoms with van der Waals surface area (Å²) in [5, 5.41) is 5.99. The molecule has 0 saturated carbocycles. The van der Waals surface area contributed by atoms with Crippen molar-refractivity contribution < 1.29 is 4.42 Å². The Kier molecular flexibility index (Phi) is 7.85. The first-order valence-electron chi connectivity index (χ1n) is 18.4. The minimum atomic E-state index is 0.868. The summed E-state index contributed by atoms with van der Waals surface area (Å²) in [5.74, 6) is 0.868. The molecule has 0 unspecified atom stereocenters. The average molecular weight is 690 g/mol. The van der Waals surface area contributed by atoms with Crippen molar-refractivity contribution in [2.45, 2.75) is 0 Å². The maximum absolute atomic E-state index is 6.35. The lowest BCUT2D eigenvalue weighted by Crippen LogP contribution is -2.12. The van der Waals surface area contributed by atoms with E-state index in [2.05, 4.69) is 205 Å². The van der Waals surface area contributed by atoms with E-state index in [1.165, 1.54) is 32.7 Å². The molecule has 254 valence electrons. The summed E-state index contributed by atoms with van der Waals surface area (Å²) in [6.45, 7) is 0. The van der Waals surface area contributed by atoms with Gasteiger partial charge in [-0.1, -0.05) is 176 Å². The Balaban J connectivity index is 1.14. The standard InChI is InChI=1S/C52H35NO/c1-2-14-36(15-3-1)37-26-28-39(29-27-37)45-20-11-12-24-49(45)53(50-34-40-16-4-6-19-44(40)46-21-8-9-22-47(46)50)42-32-30-38(31-33-42)43-18-7-10-23-48(43)52-35-41-17-5-13-25-51(41)54-52/h1-35H. The zero-order valence-electron chi connectivity index (χ0n) is 29.6. The van der Waals surface area contributed by atoms with Gasteiger partial charge in [-0.2, -0.15) is 0 Å². The van der Waals surface area contributed by atoms with Gasteiger partial charge in [0.2, 0.25) is 0 Å². The third-order valence-corrected chi connectivity index (χ3v) is 10.5. The molecule has 0 amide bonds. The van der Waals surface area contributed by atoms with Crippen LogP contribution in [0, 0.1) is 0 Å². The number of para-hydroxylation sites is 2. The van der Waals surface area contributed by atoms with E-state index in [1.54, 1.807) is 0 Å². The van der Waals surface area contributed by atoms with Crippen molar-refractivity contribution in [2.75, 3.05) is 4.90 Å². The summed E-state index contributed by atoms with van der Waals surface area (Å²) < 4.78 is 6.35. The molecule has 0 atom stereocenters. The van der Waals surface area contributed by atoms with Gasteiger partial charge in [-0.15, -0.1) is 0 Å². The van der Waals surface area contributed by atoms with Crippen molar-refractivity contribution in [3.63, 3.8) is 0 Å². The largest absolute Gasteiger partial charge is 0.456 e. The highest BCUT2D eigenvalue weighted by Crippen LogP contribution is 2.46. The molecule has 0 fully saturated rings. The monoisotopic (exact) mass is 689 g/mol. The summed E-state index contributed by atoms with van der Waals surface area (Å²) in [6, 6.07) is 75.9. The Morgan fingerprint density at radius 1 is 0.315 bits per heavy atom. The predicted octanol–water partition coefficient (Wildman–Crippen LogP) is 14.9. The summed E-state index contributed by atoms with van der Waals surface area (Å²) in [6.07, 6.45) is 0. The van der Waals surface area contributed by atoms with Gasteiger partial charge in [0.15, 0.2) is 0 Å². The van der Waals surface area contributed by atoms with Gasteiger partial charge >= 0.3 is 0 Å². The first kappa shape index (κ1) is 31.6. The lowest BCUT2D eigenvalue weighted by molar-refractivity contribution is 0.632. The third-order valence-electron chi connectivity index (χ3n) is 10.5. The van der Waals surface area contributed by atoms with Crippen LogP contribution in [0.1, 0.15) is 0 Å². The first-order valence-corrected chi connectivity index (χ1v) is 18.4. The molecular formula is C52H35NO. The van der Waals surface area contributed by atoms with E-state index in [0.29, 0.717) is 0 Å². The number of nitrogens with zero attached hydrogens (tertiary/aromatic N) is 1. The van der Waals surface area contributed by atoms with Crippen LogP contribution in [0.2, 0.25) is 0 Å². The van der Waals surface area contributed by atoms with Gasteiger partial charge in [0.1, 0.15) is 11.3 Å². The van der Waals surface area contributed by atoms with Gasteiger partial charge in [0.05, 0.1) is 11.4 Å². The number of fused-ring (bicyclic) bond motifs is 4. The molecule has 1 heterocycles. The van der Waals surface area contributed by atoms with Gasteiger partial charge in [-0.25, -0.2) is 0 Å². The lowest BCUT2D eigenvalue weighted by atomic mass is 9.95. The number of hydrogen-bond acceptors (Lipinski definition) is 2. The SMILES string of the molecule is c1ccc(-c2ccc(-c3ccccc3N(c3ccc(-c4ccccc4-c4cc5ccccc5o4)cc3)c3cc4ccccc4c4ccccc34)cc2)cc1. The van der Waals surface area contributed by atoms with Crippen LogP contribution in [-0.2, 0) is 0 Å². The Hall–Kier alpha value is -7.16. The average Bonchev–Trinajstić information content (AvgIpc) is 3.69. The fraction of sp³-hybridized carbons (Fsp3) is 0. The number of benzene rings is 9. The molecule has 0 N–H and O–H groups in total. The fourth-order valence-electron chi connectivity index (χ4n) is 7.87. The molecule has 0 aliphatic carbocycles. The van der Waals surface area contributed by atoms with Crippen molar-refractivity contribution in [2.24, 2.45) is 0 Å². The molecule has 9 aromatic carbocycles. The molecule has 0 spiro atoms. The van der Waals surface area contributed by atoms with E-state index in [4.69, 9.17) is 4.42 Å². The van der Waals surface area contributed by atoms with E-state index < -0.39 is 0 Å². The van der Waals surface area contributed by atoms with Gasteiger partial charge in [0, 0.05) is 27.6 Å². The van der Waals surface area contributed by atoms with Crippen molar-refractivity contribution in [1.82, 2.24) is 0 Å². The second-order valence-electron chi connectivity index (χ2n) is 13.7. The quantitative estimate of drug-likeness (QED) is 0.155. The van der Waals surface area contributed by atoms with Gasteiger partial charge in [-0.3, -0.25) is 0 Å². The number of rotatable bonds is 7. The summed E-state index contributed by atoms with van der Waals surface area (Å²) >= 11 is 0. The van der Waals surface area contributed by atoms with Crippen molar-refractivity contribution in [1.29, 1.82) is 0 Å². The normalized spacial score (nSPS) is 11.3. The number of anilines is 3. The topological polar surface area (TPSA) is 16.4 Å². The highest BCUT2D eigenvalue weighted by atomic mass is 16.3. The smallest absolute Gasteiger partial charge is 0.136 e. The van der Waals surface area contributed by atoms with Crippen LogP contribution in [0.3, 0.4) is 0 Å². The minimum Gasteiger partial charge on any atom is -0.456 e. The fourth-order valence-corrected chi connectivity index (χ4v) is 7.87. The van der Waals surface area contributed by atoms with Crippen LogP contribution in [0.25, 0.3) is 77.2 Å². The Morgan fingerprint density at radius 2 is 0.852 bits per heavy atom. The van der Waals surface area contributed by atoms with E-state index in [9.17, 15) is 0 Å². The highest BCUT2D eigenvalue weighted by Gasteiger charge is 2.21. The van der Waals surface area contributed by atoms with Crippen molar-refractivity contribution in [3.8, 4) is 44.7 Å². The maximum atomic E-state index is 6.35. The minimum absolute atomic E-state index is 0.868. The number of furan rings is 1. The lowest BCUT2D eigenvalue weighted by Gasteiger charge is -2.30. The molecule has 0 aliphatic rings. The van der Waals surface area contributed by atoms with Crippen LogP contribution >= 0.6 is 0 Å². The van der Waals surface area contributed by atoms with Crippen molar-refractivity contribution in [3.05, 3.63) is 212 Å². The van der Waals surface area contributed by atoms with Crippen LogP contribution in [0.15, 0.2) is 217 Å². The molecule has 1 aromatic heterocycles. The second kappa shape index (κ2) is 13.4. The zero-order chi connectivity index (χ0) is 35.8. The zero-order valence-corrected chi connectivity index (χ0v) is 29.6.